The molecule has 1 aromatic carbocycles. The maximum absolute atomic E-state index is 9.98. The fourth-order valence-electron chi connectivity index (χ4n) is 0.879. The first-order chi connectivity index (χ1) is 6.22. The number of hydrogen-bond donors (Lipinski definition) is 1. The molecule has 0 saturated heterocycles. The number of rotatable bonds is 1. The summed E-state index contributed by atoms with van der Waals surface area (Å²) in [6.45, 7) is 0. The van der Waals surface area contributed by atoms with E-state index >= 15 is 0 Å². The van der Waals surface area contributed by atoms with Gasteiger partial charge in [-0.3, -0.25) is 0 Å². The molecule has 66 valence electrons. The molecule has 0 aliphatic heterocycles. The Morgan fingerprint density at radius 3 is 2.85 bits per heavy atom. The molecule has 0 aliphatic rings. The highest BCUT2D eigenvalue weighted by molar-refractivity contribution is 6.30. The maximum Gasteiger partial charge on any atom is 0.131 e. The molecule has 0 saturated carbocycles. The zero-order chi connectivity index (χ0) is 9.68. The lowest BCUT2D eigenvalue weighted by atomic mass is 10.2. The number of nitrogen functional groups attached to an aromatic ring is 1. The fourth-order valence-corrected chi connectivity index (χ4v) is 1.12. The maximum atomic E-state index is 9.98. The van der Waals surface area contributed by atoms with Crippen molar-refractivity contribution in [1.29, 1.82) is 0 Å². The molecule has 1 aromatic rings. The number of hydrogen-bond acceptors (Lipinski definition) is 2. The molecule has 0 aromatic heterocycles. The van der Waals surface area contributed by atoms with E-state index in [-0.39, 0.29) is 6.42 Å². The van der Waals surface area contributed by atoms with Crippen LogP contribution in [-0.2, 0) is 4.79 Å². The standard InChI is InChI=1S/C10H8ClNO/c11-9-5-8(3-1-2-4-13)6-10(12)7-9/h4-7H,2,12H2. The lowest BCUT2D eigenvalue weighted by Gasteiger charge is -1.95. The van der Waals surface area contributed by atoms with Crippen LogP contribution in [-0.4, -0.2) is 6.29 Å². The Labute approximate surface area is 81.7 Å². The molecule has 13 heavy (non-hydrogen) atoms. The Morgan fingerprint density at radius 2 is 2.23 bits per heavy atom. The van der Waals surface area contributed by atoms with Crippen molar-refractivity contribution in [3.05, 3.63) is 28.8 Å². The molecule has 0 fully saturated rings. The van der Waals surface area contributed by atoms with Crippen molar-refractivity contribution in [2.24, 2.45) is 0 Å². The van der Waals surface area contributed by atoms with Crippen LogP contribution in [0.25, 0.3) is 0 Å². The quantitative estimate of drug-likeness (QED) is 0.420. The van der Waals surface area contributed by atoms with Crippen molar-refractivity contribution < 1.29 is 4.79 Å². The van der Waals surface area contributed by atoms with E-state index in [4.69, 9.17) is 17.3 Å². The Morgan fingerprint density at radius 1 is 1.46 bits per heavy atom. The van der Waals surface area contributed by atoms with Gasteiger partial charge >= 0.3 is 0 Å². The predicted molar refractivity (Wildman–Crippen MR) is 53.4 cm³/mol. The van der Waals surface area contributed by atoms with E-state index in [1.165, 1.54) is 0 Å². The predicted octanol–water partition coefficient (Wildman–Crippen LogP) is 1.86. The van der Waals surface area contributed by atoms with Crippen LogP contribution in [0, 0.1) is 11.8 Å². The summed E-state index contributed by atoms with van der Waals surface area (Å²) in [5, 5.41) is 0.551. The zero-order valence-electron chi connectivity index (χ0n) is 6.88. The molecule has 3 heteroatoms. The summed E-state index contributed by atoms with van der Waals surface area (Å²) < 4.78 is 0. The summed E-state index contributed by atoms with van der Waals surface area (Å²) >= 11 is 5.75. The molecule has 0 atom stereocenters. The van der Waals surface area contributed by atoms with Gasteiger partial charge in [0.05, 0.1) is 6.42 Å². The summed E-state index contributed by atoms with van der Waals surface area (Å²) in [4.78, 5) is 9.98. The SMILES string of the molecule is Nc1cc(Cl)cc(C#CCC=O)c1. The molecule has 2 nitrogen and oxygen atoms in total. The molecule has 1 rings (SSSR count). The van der Waals surface area contributed by atoms with Gasteiger partial charge in [0.15, 0.2) is 0 Å². The van der Waals surface area contributed by atoms with Crippen molar-refractivity contribution >= 4 is 23.6 Å². The molecule has 0 heterocycles. The van der Waals surface area contributed by atoms with Gasteiger partial charge in [-0.05, 0) is 18.2 Å². The molecule has 0 radical (unpaired) electrons. The minimum atomic E-state index is 0.229. The Balaban J connectivity index is 2.90. The van der Waals surface area contributed by atoms with Gasteiger partial charge in [-0.1, -0.05) is 23.4 Å². The Kier molecular flexibility index (Phi) is 3.36. The van der Waals surface area contributed by atoms with Crippen LogP contribution in [0.1, 0.15) is 12.0 Å². The summed E-state index contributed by atoms with van der Waals surface area (Å²) in [6.07, 6.45) is 0.979. The number of benzene rings is 1. The van der Waals surface area contributed by atoms with E-state index in [1.807, 2.05) is 0 Å². The highest BCUT2D eigenvalue weighted by Crippen LogP contribution is 2.15. The lowest BCUT2D eigenvalue weighted by molar-refractivity contribution is -0.107. The third kappa shape index (κ3) is 3.18. The second-order valence-electron chi connectivity index (χ2n) is 2.45. The highest BCUT2D eigenvalue weighted by atomic mass is 35.5. The number of halogens is 1. The Hall–Kier alpha value is -1.46. The third-order valence-corrected chi connectivity index (χ3v) is 1.56. The average Bonchev–Trinajstić information content (AvgIpc) is 2.03. The van der Waals surface area contributed by atoms with E-state index in [0.717, 1.165) is 11.8 Å². The number of anilines is 1. The molecule has 2 N–H and O–H groups in total. The van der Waals surface area contributed by atoms with E-state index < -0.39 is 0 Å². The molecule has 0 spiro atoms. The van der Waals surface area contributed by atoms with Crippen molar-refractivity contribution in [3.8, 4) is 11.8 Å². The number of nitrogens with two attached hydrogens (primary N) is 1. The summed E-state index contributed by atoms with van der Waals surface area (Å²) in [5.41, 5.74) is 6.84. The second kappa shape index (κ2) is 4.54. The van der Waals surface area contributed by atoms with E-state index in [0.29, 0.717) is 10.7 Å². The number of carbonyl (C=O) groups excluding carboxylic acids is 1. The first kappa shape index (κ1) is 9.63. The topological polar surface area (TPSA) is 43.1 Å². The number of aldehydes is 1. The van der Waals surface area contributed by atoms with Crippen molar-refractivity contribution in [2.45, 2.75) is 6.42 Å². The zero-order valence-corrected chi connectivity index (χ0v) is 7.64. The van der Waals surface area contributed by atoms with Crippen LogP contribution in [0.2, 0.25) is 5.02 Å². The normalized spacial score (nSPS) is 8.69. The fraction of sp³-hybridized carbons (Fsp3) is 0.100. The van der Waals surface area contributed by atoms with Crippen molar-refractivity contribution in [1.82, 2.24) is 0 Å². The molecule has 0 unspecified atom stereocenters. The monoisotopic (exact) mass is 193 g/mol. The van der Waals surface area contributed by atoms with Crippen LogP contribution in [0.5, 0.6) is 0 Å². The molecule has 0 bridgehead atoms. The van der Waals surface area contributed by atoms with E-state index in [9.17, 15) is 4.79 Å². The first-order valence-electron chi connectivity index (χ1n) is 3.71. The van der Waals surface area contributed by atoms with Crippen molar-refractivity contribution in [3.63, 3.8) is 0 Å². The smallest absolute Gasteiger partial charge is 0.131 e. The highest BCUT2D eigenvalue weighted by Gasteiger charge is 1.92. The van der Waals surface area contributed by atoms with Gasteiger partial charge < -0.3 is 10.5 Å². The summed E-state index contributed by atoms with van der Waals surface area (Å²) in [6, 6.07) is 5.06. The van der Waals surface area contributed by atoms with Gasteiger partial charge in [0.25, 0.3) is 0 Å². The van der Waals surface area contributed by atoms with Gasteiger partial charge in [0, 0.05) is 16.3 Å². The second-order valence-corrected chi connectivity index (χ2v) is 2.88. The first-order valence-corrected chi connectivity index (χ1v) is 4.09. The third-order valence-electron chi connectivity index (χ3n) is 1.34. The van der Waals surface area contributed by atoms with Crippen LogP contribution in [0.3, 0.4) is 0 Å². The molecular formula is C10H8ClNO. The van der Waals surface area contributed by atoms with Crippen LogP contribution >= 0.6 is 11.6 Å². The minimum Gasteiger partial charge on any atom is -0.399 e. The van der Waals surface area contributed by atoms with Crippen LogP contribution in [0.4, 0.5) is 5.69 Å². The van der Waals surface area contributed by atoms with Gasteiger partial charge in [0.2, 0.25) is 0 Å². The van der Waals surface area contributed by atoms with E-state index in [1.54, 1.807) is 18.2 Å². The number of carbonyl (C=O) groups is 1. The molecule has 0 aliphatic carbocycles. The van der Waals surface area contributed by atoms with Gasteiger partial charge in [-0.25, -0.2) is 0 Å². The van der Waals surface area contributed by atoms with Crippen LogP contribution < -0.4 is 5.73 Å². The van der Waals surface area contributed by atoms with Gasteiger partial charge in [-0.15, -0.1) is 0 Å². The van der Waals surface area contributed by atoms with Gasteiger partial charge in [-0.2, -0.15) is 0 Å². The summed E-state index contributed by atoms with van der Waals surface area (Å²) in [5.74, 6) is 5.46. The van der Waals surface area contributed by atoms with Crippen molar-refractivity contribution in [2.75, 3.05) is 5.73 Å². The molecule has 0 amide bonds. The molecular weight excluding hydrogens is 186 g/mol. The van der Waals surface area contributed by atoms with Gasteiger partial charge in [0.1, 0.15) is 6.29 Å². The largest absolute Gasteiger partial charge is 0.399 e. The Bertz CT molecular complexity index is 356. The average molecular weight is 194 g/mol. The van der Waals surface area contributed by atoms with E-state index in [2.05, 4.69) is 11.8 Å². The minimum absolute atomic E-state index is 0.229. The van der Waals surface area contributed by atoms with Crippen LogP contribution in [0.15, 0.2) is 18.2 Å². The lowest BCUT2D eigenvalue weighted by Crippen LogP contribution is -1.85. The summed E-state index contributed by atoms with van der Waals surface area (Å²) in [7, 11) is 0.